The first-order valence-electron chi connectivity index (χ1n) is 13.1. The van der Waals surface area contributed by atoms with Gasteiger partial charge in [-0.2, -0.15) is 0 Å². The summed E-state index contributed by atoms with van der Waals surface area (Å²) >= 11 is 0. The lowest BCUT2D eigenvalue weighted by molar-refractivity contribution is -0.178. The lowest BCUT2D eigenvalue weighted by Crippen LogP contribution is -2.59. The third-order valence-corrected chi connectivity index (χ3v) is 10.5. The van der Waals surface area contributed by atoms with E-state index in [1.165, 1.54) is 13.8 Å². The van der Waals surface area contributed by atoms with Gasteiger partial charge in [-0.15, -0.1) is 0 Å². The molecule has 0 N–H and O–H groups in total. The standard InChI is InChI=1S/C27H38O7/c1-6-20(32-14(2)28)23(33-15(3)29)17-13-21(31)25(4)10-8-18-16(22(17)25)7-12-27-24(34-27)19(30)9-11-26(18,27)5/h16-18,20,22-24H,6-13H2,1-5H3/t16-,17?,18-,20?,22-,23?,24?,25-,26-,27?/m1/s1. The van der Waals surface area contributed by atoms with E-state index < -0.39 is 29.6 Å². The van der Waals surface area contributed by atoms with Crippen molar-refractivity contribution in [1.29, 1.82) is 0 Å². The molecule has 0 radical (unpaired) electrons. The number of carbonyl (C=O) groups is 4. The van der Waals surface area contributed by atoms with Gasteiger partial charge < -0.3 is 14.2 Å². The molecule has 0 aromatic rings. The second kappa shape index (κ2) is 7.87. The predicted molar refractivity (Wildman–Crippen MR) is 122 cm³/mol. The summed E-state index contributed by atoms with van der Waals surface area (Å²) < 4.78 is 17.6. The van der Waals surface area contributed by atoms with Crippen LogP contribution in [0, 0.1) is 34.5 Å². The predicted octanol–water partition coefficient (Wildman–Crippen LogP) is 3.80. The third-order valence-electron chi connectivity index (χ3n) is 10.5. The van der Waals surface area contributed by atoms with Crippen LogP contribution < -0.4 is 0 Å². The van der Waals surface area contributed by atoms with Gasteiger partial charge in [0.05, 0.1) is 0 Å². The Bertz CT molecular complexity index is 928. The molecule has 4 aliphatic carbocycles. The van der Waals surface area contributed by atoms with Gasteiger partial charge in [0.1, 0.15) is 29.7 Å². The first-order chi connectivity index (χ1) is 16.0. The Labute approximate surface area is 201 Å². The normalized spacial score (nSPS) is 46.3. The van der Waals surface area contributed by atoms with Gasteiger partial charge in [-0.05, 0) is 56.3 Å². The maximum absolute atomic E-state index is 13.5. The molecular formula is C27H38O7. The highest BCUT2D eigenvalue weighted by atomic mass is 16.6. The molecule has 7 heteroatoms. The zero-order valence-electron chi connectivity index (χ0n) is 21.1. The van der Waals surface area contributed by atoms with E-state index in [1.807, 2.05) is 6.92 Å². The van der Waals surface area contributed by atoms with Gasteiger partial charge in [-0.3, -0.25) is 19.2 Å². The van der Waals surface area contributed by atoms with Gasteiger partial charge in [0.2, 0.25) is 0 Å². The van der Waals surface area contributed by atoms with Gasteiger partial charge >= 0.3 is 11.9 Å². The van der Waals surface area contributed by atoms with Crippen LogP contribution in [0.2, 0.25) is 0 Å². The number of esters is 2. The van der Waals surface area contributed by atoms with Crippen LogP contribution in [0.15, 0.2) is 0 Å². The molecule has 5 fully saturated rings. The van der Waals surface area contributed by atoms with Crippen molar-refractivity contribution < 1.29 is 33.4 Å². The van der Waals surface area contributed by atoms with Crippen molar-refractivity contribution in [1.82, 2.24) is 0 Å². The van der Waals surface area contributed by atoms with Crippen molar-refractivity contribution >= 4 is 23.5 Å². The molecule has 5 unspecified atom stereocenters. The van der Waals surface area contributed by atoms with Gasteiger partial charge in [0.25, 0.3) is 0 Å². The van der Waals surface area contributed by atoms with E-state index in [2.05, 4.69) is 13.8 Å². The first-order valence-corrected chi connectivity index (χ1v) is 13.1. The number of epoxide rings is 1. The summed E-state index contributed by atoms with van der Waals surface area (Å²) in [5.41, 5.74) is -0.870. The van der Waals surface area contributed by atoms with Crippen molar-refractivity contribution in [2.45, 2.75) is 110 Å². The minimum Gasteiger partial charge on any atom is -0.459 e. The van der Waals surface area contributed by atoms with E-state index >= 15 is 0 Å². The summed E-state index contributed by atoms with van der Waals surface area (Å²) in [6.45, 7) is 9.07. The number of rotatable bonds is 5. The second-order valence-electron chi connectivity index (χ2n) is 12.0. The van der Waals surface area contributed by atoms with Crippen LogP contribution in [0.25, 0.3) is 0 Å². The molecule has 0 aromatic carbocycles. The molecule has 1 aliphatic heterocycles. The van der Waals surface area contributed by atoms with E-state index in [0.29, 0.717) is 25.2 Å². The first kappa shape index (κ1) is 24.0. The van der Waals surface area contributed by atoms with E-state index in [0.717, 1.165) is 32.1 Å². The molecule has 5 aliphatic rings. The fraction of sp³-hybridized carbons (Fsp3) is 0.852. The van der Waals surface area contributed by atoms with E-state index in [1.54, 1.807) is 0 Å². The van der Waals surface area contributed by atoms with Crippen molar-refractivity contribution in [3.63, 3.8) is 0 Å². The number of ketones is 2. The zero-order chi connectivity index (χ0) is 24.6. The number of hydrogen-bond acceptors (Lipinski definition) is 7. The minimum atomic E-state index is -0.637. The van der Waals surface area contributed by atoms with Crippen LogP contribution in [0.3, 0.4) is 0 Å². The van der Waals surface area contributed by atoms with E-state index in [9.17, 15) is 19.2 Å². The topological polar surface area (TPSA) is 99.3 Å². The van der Waals surface area contributed by atoms with Crippen LogP contribution in [0.5, 0.6) is 0 Å². The number of hydrogen-bond donors (Lipinski definition) is 0. The summed E-state index contributed by atoms with van der Waals surface area (Å²) in [6.07, 6.45) is 4.31. The average Bonchev–Trinajstić information content (AvgIpc) is 3.46. The Morgan fingerprint density at radius 1 is 1.06 bits per heavy atom. The van der Waals surface area contributed by atoms with Gasteiger partial charge in [-0.25, -0.2) is 0 Å². The van der Waals surface area contributed by atoms with Gasteiger partial charge in [-0.1, -0.05) is 20.8 Å². The highest BCUT2D eigenvalue weighted by Gasteiger charge is 2.77. The zero-order valence-corrected chi connectivity index (χ0v) is 21.1. The maximum atomic E-state index is 13.5. The Kier molecular flexibility index (Phi) is 5.55. The second-order valence-corrected chi connectivity index (χ2v) is 12.0. The molecule has 34 heavy (non-hydrogen) atoms. The molecule has 0 bridgehead atoms. The minimum absolute atomic E-state index is 0.0525. The molecule has 1 heterocycles. The van der Waals surface area contributed by atoms with E-state index in [-0.39, 0.29) is 46.4 Å². The fourth-order valence-electron chi connectivity index (χ4n) is 8.98. The van der Waals surface area contributed by atoms with Crippen molar-refractivity contribution in [2.75, 3.05) is 0 Å². The van der Waals surface area contributed by atoms with Crippen molar-refractivity contribution in [2.24, 2.45) is 34.5 Å². The summed E-state index contributed by atoms with van der Waals surface area (Å²) in [5, 5.41) is 0. The smallest absolute Gasteiger partial charge is 0.303 e. The fourth-order valence-corrected chi connectivity index (χ4v) is 8.98. The molecule has 5 rings (SSSR count). The van der Waals surface area contributed by atoms with Gasteiger partial charge in [0, 0.05) is 43.4 Å². The molecule has 1 spiro atoms. The molecule has 188 valence electrons. The molecule has 7 nitrogen and oxygen atoms in total. The quantitative estimate of drug-likeness (QED) is 0.441. The number of fused-ring (bicyclic) bond motifs is 4. The lowest BCUT2D eigenvalue weighted by atomic mass is 9.44. The number of carbonyl (C=O) groups excluding carboxylic acids is 4. The summed E-state index contributed by atoms with van der Waals surface area (Å²) in [7, 11) is 0. The Morgan fingerprint density at radius 3 is 2.41 bits per heavy atom. The van der Waals surface area contributed by atoms with Crippen LogP contribution in [-0.4, -0.2) is 47.4 Å². The maximum Gasteiger partial charge on any atom is 0.303 e. The summed E-state index contributed by atoms with van der Waals surface area (Å²) in [6, 6.07) is 0. The summed E-state index contributed by atoms with van der Waals surface area (Å²) in [5.74, 6) is 0.170. The molecule has 4 saturated carbocycles. The molecule has 10 atom stereocenters. The average molecular weight is 475 g/mol. The van der Waals surface area contributed by atoms with E-state index in [4.69, 9.17) is 14.2 Å². The van der Waals surface area contributed by atoms with Crippen LogP contribution in [0.4, 0.5) is 0 Å². The largest absolute Gasteiger partial charge is 0.459 e. The van der Waals surface area contributed by atoms with Crippen molar-refractivity contribution in [3.8, 4) is 0 Å². The highest BCUT2D eigenvalue weighted by Crippen LogP contribution is 2.72. The van der Waals surface area contributed by atoms with Crippen LogP contribution >= 0.6 is 0 Å². The Morgan fingerprint density at radius 2 is 1.76 bits per heavy atom. The molecular weight excluding hydrogens is 436 g/mol. The Hall–Kier alpha value is -1.76. The number of ether oxygens (including phenoxy) is 3. The Balaban J connectivity index is 1.51. The van der Waals surface area contributed by atoms with Crippen LogP contribution in [-0.2, 0) is 33.4 Å². The molecule has 0 aromatic heterocycles. The summed E-state index contributed by atoms with van der Waals surface area (Å²) in [4.78, 5) is 49.9. The lowest BCUT2D eigenvalue weighted by Gasteiger charge is -2.59. The number of Topliss-reactive ketones (excluding diaryl/α,β-unsaturated/α-hetero) is 2. The van der Waals surface area contributed by atoms with Crippen LogP contribution in [0.1, 0.15) is 86.0 Å². The SMILES string of the molecule is CCC(OC(C)=O)C(OC(C)=O)C1CC(=O)[C@@]2(C)CC[C@@H]3[C@@H](CCC45OC4C(=O)CC[C@]35C)[C@H]12. The van der Waals surface area contributed by atoms with Gasteiger partial charge in [0.15, 0.2) is 5.78 Å². The van der Waals surface area contributed by atoms with Crippen molar-refractivity contribution in [3.05, 3.63) is 0 Å². The monoisotopic (exact) mass is 474 g/mol. The molecule has 1 saturated heterocycles. The molecule has 0 amide bonds. The third kappa shape index (κ3) is 3.17. The highest BCUT2D eigenvalue weighted by molar-refractivity contribution is 5.89.